The van der Waals surface area contributed by atoms with Gasteiger partial charge in [0.1, 0.15) is 0 Å². The van der Waals surface area contributed by atoms with Crippen molar-refractivity contribution < 1.29 is 0 Å². The van der Waals surface area contributed by atoms with E-state index in [1.165, 1.54) is 44.2 Å². The molecule has 1 heteroatoms. The van der Waals surface area contributed by atoms with Gasteiger partial charge in [0.25, 0.3) is 0 Å². The summed E-state index contributed by atoms with van der Waals surface area (Å²) in [6.07, 6.45) is 7.22. The second kappa shape index (κ2) is 4.81. The second-order valence-electron chi connectivity index (χ2n) is 5.73. The van der Waals surface area contributed by atoms with Crippen molar-refractivity contribution in [2.45, 2.75) is 51.1 Å². The highest BCUT2D eigenvalue weighted by Gasteiger charge is 2.38. The van der Waals surface area contributed by atoms with E-state index >= 15 is 0 Å². The van der Waals surface area contributed by atoms with Crippen molar-refractivity contribution in [1.29, 1.82) is 0 Å². The van der Waals surface area contributed by atoms with Crippen molar-refractivity contribution in [2.75, 3.05) is 6.54 Å². The van der Waals surface area contributed by atoms with Crippen molar-refractivity contribution in [2.24, 2.45) is 5.92 Å². The summed E-state index contributed by atoms with van der Waals surface area (Å²) in [5.74, 6) is 1.02. The normalized spacial score (nSPS) is 27.9. The van der Waals surface area contributed by atoms with E-state index in [0.29, 0.717) is 6.04 Å². The van der Waals surface area contributed by atoms with Crippen LogP contribution in [-0.4, -0.2) is 17.5 Å². The fourth-order valence-corrected chi connectivity index (χ4v) is 3.37. The summed E-state index contributed by atoms with van der Waals surface area (Å²) >= 11 is 0. The van der Waals surface area contributed by atoms with E-state index in [4.69, 9.17) is 0 Å². The van der Waals surface area contributed by atoms with Gasteiger partial charge in [-0.05, 0) is 50.6 Å². The van der Waals surface area contributed by atoms with E-state index in [2.05, 4.69) is 42.2 Å². The number of nitrogens with zero attached hydrogens (tertiary/aromatic N) is 1. The molecule has 0 spiro atoms. The predicted octanol–water partition coefficient (Wildman–Crippen LogP) is 4.01. The molecule has 1 aliphatic heterocycles. The SMILES string of the molecule is C[C@H](c1ccccc1)N1CCCC[C@H]1C1CC1. The molecule has 17 heavy (non-hydrogen) atoms. The molecule has 1 nitrogen and oxygen atoms in total. The van der Waals surface area contributed by atoms with Crippen LogP contribution in [0.1, 0.15) is 50.6 Å². The number of rotatable bonds is 3. The van der Waals surface area contributed by atoms with Gasteiger partial charge in [0, 0.05) is 12.1 Å². The second-order valence-corrected chi connectivity index (χ2v) is 5.73. The van der Waals surface area contributed by atoms with E-state index < -0.39 is 0 Å². The molecule has 3 rings (SSSR count). The summed E-state index contributed by atoms with van der Waals surface area (Å²) in [7, 11) is 0. The van der Waals surface area contributed by atoms with Crippen LogP contribution in [0.15, 0.2) is 30.3 Å². The monoisotopic (exact) mass is 229 g/mol. The lowest BCUT2D eigenvalue weighted by molar-refractivity contribution is 0.0885. The van der Waals surface area contributed by atoms with Gasteiger partial charge in [0.2, 0.25) is 0 Å². The number of likely N-dealkylation sites (tertiary alicyclic amines) is 1. The van der Waals surface area contributed by atoms with Crippen LogP contribution in [0, 0.1) is 5.92 Å². The molecule has 0 unspecified atom stereocenters. The maximum absolute atomic E-state index is 2.77. The van der Waals surface area contributed by atoms with Gasteiger partial charge >= 0.3 is 0 Å². The van der Waals surface area contributed by atoms with Crippen molar-refractivity contribution in [3.63, 3.8) is 0 Å². The number of hydrogen-bond acceptors (Lipinski definition) is 1. The summed E-state index contributed by atoms with van der Waals surface area (Å²) < 4.78 is 0. The number of benzene rings is 1. The van der Waals surface area contributed by atoms with Crippen molar-refractivity contribution in [1.82, 2.24) is 4.90 Å². The molecule has 0 amide bonds. The Morgan fingerprint density at radius 1 is 1.06 bits per heavy atom. The van der Waals surface area contributed by atoms with Gasteiger partial charge in [0.05, 0.1) is 0 Å². The molecule has 1 aliphatic carbocycles. The van der Waals surface area contributed by atoms with Gasteiger partial charge in [-0.3, -0.25) is 4.90 Å². The molecule has 1 saturated carbocycles. The smallest absolute Gasteiger partial charge is 0.0322 e. The third-order valence-corrected chi connectivity index (χ3v) is 4.54. The summed E-state index contributed by atoms with van der Waals surface area (Å²) in [4.78, 5) is 2.77. The van der Waals surface area contributed by atoms with Crippen LogP contribution in [0.2, 0.25) is 0 Å². The molecule has 1 saturated heterocycles. The van der Waals surface area contributed by atoms with Crippen LogP contribution in [0.5, 0.6) is 0 Å². The van der Waals surface area contributed by atoms with E-state index in [-0.39, 0.29) is 0 Å². The Kier molecular flexibility index (Phi) is 3.19. The molecule has 1 aromatic rings. The Morgan fingerprint density at radius 3 is 2.53 bits per heavy atom. The van der Waals surface area contributed by atoms with E-state index in [1.54, 1.807) is 0 Å². The highest BCUT2D eigenvalue weighted by molar-refractivity contribution is 5.19. The summed E-state index contributed by atoms with van der Waals surface area (Å²) in [6, 6.07) is 12.5. The van der Waals surface area contributed by atoms with Gasteiger partial charge in [-0.15, -0.1) is 0 Å². The first-order valence-corrected chi connectivity index (χ1v) is 7.17. The fraction of sp³-hybridized carbons (Fsp3) is 0.625. The third kappa shape index (κ3) is 2.40. The van der Waals surface area contributed by atoms with Gasteiger partial charge in [0.15, 0.2) is 0 Å². The van der Waals surface area contributed by atoms with Crippen LogP contribution in [0.3, 0.4) is 0 Å². The lowest BCUT2D eigenvalue weighted by atomic mass is 9.94. The molecular formula is C16H23N. The summed E-state index contributed by atoms with van der Waals surface area (Å²) in [6.45, 7) is 3.69. The molecule has 2 atom stereocenters. The third-order valence-electron chi connectivity index (χ3n) is 4.54. The van der Waals surface area contributed by atoms with Crippen molar-refractivity contribution in [3.05, 3.63) is 35.9 Å². The van der Waals surface area contributed by atoms with Gasteiger partial charge < -0.3 is 0 Å². The maximum atomic E-state index is 2.77. The van der Waals surface area contributed by atoms with Gasteiger partial charge in [-0.25, -0.2) is 0 Å². The molecule has 0 aromatic heterocycles. The fourth-order valence-electron chi connectivity index (χ4n) is 3.37. The molecule has 2 aliphatic rings. The van der Waals surface area contributed by atoms with E-state index in [0.717, 1.165) is 12.0 Å². The standard InChI is InChI=1S/C16H23N/c1-13(14-7-3-2-4-8-14)17-12-6-5-9-16(17)15-10-11-15/h2-4,7-8,13,15-16H,5-6,9-12H2,1H3/t13-,16+/m1/s1. The first-order valence-electron chi connectivity index (χ1n) is 7.17. The first-order chi connectivity index (χ1) is 8.36. The zero-order valence-corrected chi connectivity index (χ0v) is 10.8. The van der Waals surface area contributed by atoms with E-state index in [9.17, 15) is 0 Å². The van der Waals surface area contributed by atoms with E-state index in [1.807, 2.05) is 0 Å². The molecule has 1 aromatic carbocycles. The largest absolute Gasteiger partial charge is 0.293 e. The number of piperidine rings is 1. The molecule has 2 fully saturated rings. The molecule has 1 heterocycles. The quantitative estimate of drug-likeness (QED) is 0.757. The number of hydrogen-bond donors (Lipinski definition) is 0. The van der Waals surface area contributed by atoms with Crippen LogP contribution in [0.4, 0.5) is 0 Å². The summed E-state index contributed by atoms with van der Waals surface area (Å²) in [5.41, 5.74) is 1.49. The van der Waals surface area contributed by atoms with Crippen LogP contribution in [0.25, 0.3) is 0 Å². The highest BCUT2D eigenvalue weighted by atomic mass is 15.2. The summed E-state index contributed by atoms with van der Waals surface area (Å²) in [5, 5.41) is 0. The Hall–Kier alpha value is -0.820. The van der Waals surface area contributed by atoms with Crippen LogP contribution >= 0.6 is 0 Å². The first kappa shape index (κ1) is 11.3. The minimum atomic E-state index is 0.599. The Morgan fingerprint density at radius 2 is 1.82 bits per heavy atom. The average molecular weight is 229 g/mol. The molecule has 0 bridgehead atoms. The van der Waals surface area contributed by atoms with Crippen LogP contribution in [-0.2, 0) is 0 Å². The molecule has 0 N–H and O–H groups in total. The Labute approximate surface area is 105 Å². The topological polar surface area (TPSA) is 3.24 Å². The van der Waals surface area contributed by atoms with Crippen molar-refractivity contribution >= 4 is 0 Å². The Bertz CT molecular complexity index is 355. The van der Waals surface area contributed by atoms with Gasteiger partial charge in [-0.2, -0.15) is 0 Å². The van der Waals surface area contributed by atoms with Crippen molar-refractivity contribution in [3.8, 4) is 0 Å². The lowest BCUT2D eigenvalue weighted by Gasteiger charge is -2.40. The molecule has 0 radical (unpaired) electrons. The lowest BCUT2D eigenvalue weighted by Crippen LogP contribution is -2.42. The minimum absolute atomic E-state index is 0.599. The predicted molar refractivity (Wildman–Crippen MR) is 71.9 cm³/mol. The Balaban J connectivity index is 1.76. The maximum Gasteiger partial charge on any atom is 0.0322 e. The molecular weight excluding hydrogens is 206 g/mol. The minimum Gasteiger partial charge on any atom is -0.293 e. The molecule has 92 valence electrons. The average Bonchev–Trinajstić information content (AvgIpc) is 3.23. The van der Waals surface area contributed by atoms with Crippen LogP contribution < -0.4 is 0 Å². The zero-order valence-electron chi connectivity index (χ0n) is 10.8. The zero-order chi connectivity index (χ0) is 11.7. The van der Waals surface area contributed by atoms with Gasteiger partial charge in [-0.1, -0.05) is 36.8 Å². The highest BCUT2D eigenvalue weighted by Crippen LogP contribution is 2.42.